The summed E-state index contributed by atoms with van der Waals surface area (Å²) < 4.78 is 27.3. The average molecular weight is 359 g/mol. The van der Waals surface area contributed by atoms with Crippen LogP contribution in [0.4, 0.5) is 0 Å². The Kier molecular flexibility index (Phi) is 6.24. The molecule has 2 aromatic carbocycles. The number of rotatable bonds is 7. The molecule has 1 fully saturated rings. The summed E-state index contributed by atoms with van der Waals surface area (Å²) in [6.45, 7) is 3.70. The lowest BCUT2D eigenvalue weighted by molar-refractivity contribution is 0.187. The highest BCUT2D eigenvalue weighted by atomic mass is 32.2. The number of hydrogen-bond acceptors (Lipinski definition) is 3. The van der Waals surface area contributed by atoms with Crippen molar-refractivity contribution >= 4 is 10.0 Å². The molecule has 1 aliphatic rings. The second-order valence-electron chi connectivity index (χ2n) is 6.69. The number of likely N-dealkylation sites (tertiary alicyclic amines) is 1. The largest absolute Gasteiger partial charge is 0.303 e. The first-order valence-corrected chi connectivity index (χ1v) is 10.4. The molecule has 4 nitrogen and oxygen atoms in total. The van der Waals surface area contributed by atoms with Gasteiger partial charge in [-0.05, 0) is 56.0 Å². The van der Waals surface area contributed by atoms with E-state index in [4.69, 9.17) is 0 Å². The topological polar surface area (TPSA) is 49.4 Å². The van der Waals surface area contributed by atoms with Crippen LogP contribution in [0.15, 0.2) is 65.6 Å². The lowest BCUT2D eigenvalue weighted by atomic mass is 9.97. The van der Waals surface area contributed by atoms with Crippen LogP contribution in [0.2, 0.25) is 0 Å². The van der Waals surface area contributed by atoms with Crippen LogP contribution in [-0.2, 0) is 16.4 Å². The molecule has 0 saturated carbocycles. The van der Waals surface area contributed by atoms with E-state index < -0.39 is 10.0 Å². The predicted octanol–water partition coefficient (Wildman–Crippen LogP) is 2.92. The number of nitrogens with zero attached hydrogens (tertiary/aromatic N) is 1. The summed E-state index contributed by atoms with van der Waals surface area (Å²) in [6, 6.07) is 19.1. The van der Waals surface area contributed by atoms with Crippen molar-refractivity contribution < 1.29 is 8.42 Å². The number of sulfonamides is 1. The standard InChI is InChI=1S/C20H26N2O2S/c23-25(24,20-9-5-2-6-10-20)21-17-19-12-15-22(16-13-19)14-11-18-7-3-1-4-8-18/h1-10,19,21H,11-17H2. The molecular formula is C20H26N2O2S. The van der Waals surface area contributed by atoms with E-state index in [0.717, 1.165) is 38.9 Å². The average Bonchev–Trinajstić information content (AvgIpc) is 2.67. The highest BCUT2D eigenvalue weighted by Gasteiger charge is 2.21. The molecule has 0 aliphatic carbocycles. The fourth-order valence-electron chi connectivity index (χ4n) is 3.26. The van der Waals surface area contributed by atoms with Gasteiger partial charge in [-0.15, -0.1) is 0 Å². The molecular weight excluding hydrogens is 332 g/mol. The molecule has 0 spiro atoms. The van der Waals surface area contributed by atoms with Crippen molar-refractivity contribution in [3.8, 4) is 0 Å². The summed E-state index contributed by atoms with van der Waals surface area (Å²) in [7, 11) is -3.38. The second-order valence-corrected chi connectivity index (χ2v) is 8.45. The van der Waals surface area contributed by atoms with Gasteiger partial charge in [0, 0.05) is 13.1 Å². The van der Waals surface area contributed by atoms with Crippen molar-refractivity contribution in [2.24, 2.45) is 5.92 Å². The van der Waals surface area contributed by atoms with Gasteiger partial charge in [-0.1, -0.05) is 48.5 Å². The highest BCUT2D eigenvalue weighted by molar-refractivity contribution is 7.89. The number of benzene rings is 2. The zero-order valence-electron chi connectivity index (χ0n) is 14.5. The van der Waals surface area contributed by atoms with Crippen molar-refractivity contribution in [3.63, 3.8) is 0 Å². The maximum Gasteiger partial charge on any atom is 0.240 e. The van der Waals surface area contributed by atoms with Crippen LogP contribution in [0, 0.1) is 5.92 Å². The first-order chi connectivity index (χ1) is 12.1. The minimum absolute atomic E-state index is 0.343. The normalized spacial score (nSPS) is 16.8. The van der Waals surface area contributed by atoms with Gasteiger partial charge in [0.05, 0.1) is 4.90 Å². The Bertz CT molecular complexity index is 740. The van der Waals surface area contributed by atoms with Crippen LogP contribution in [-0.4, -0.2) is 39.5 Å². The van der Waals surface area contributed by atoms with Gasteiger partial charge < -0.3 is 4.90 Å². The molecule has 5 heteroatoms. The van der Waals surface area contributed by atoms with E-state index in [0.29, 0.717) is 17.4 Å². The van der Waals surface area contributed by atoms with Gasteiger partial charge in [-0.2, -0.15) is 0 Å². The van der Waals surface area contributed by atoms with Gasteiger partial charge in [-0.3, -0.25) is 0 Å². The Morgan fingerprint density at radius 2 is 1.52 bits per heavy atom. The SMILES string of the molecule is O=S(=O)(NCC1CCN(CCc2ccccc2)CC1)c1ccccc1. The van der Waals surface area contributed by atoms with E-state index in [2.05, 4.69) is 33.9 Å². The molecule has 0 radical (unpaired) electrons. The summed E-state index contributed by atoms with van der Waals surface area (Å²) in [5, 5.41) is 0. The number of nitrogens with one attached hydrogen (secondary N) is 1. The summed E-state index contributed by atoms with van der Waals surface area (Å²) in [5.74, 6) is 0.423. The molecule has 25 heavy (non-hydrogen) atoms. The van der Waals surface area contributed by atoms with Gasteiger partial charge in [0.15, 0.2) is 0 Å². The molecule has 0 aromatic heterocycles. The number of hydrogen-bond donors (Lipinski definition) is 1. The van der Waals surface area contributed by atoms with E-state index in [-0.39, 0.29) is 0 Å². The van der Waals surface area contributed by atoms with Crippen molar-refractivity contribution in [2.75, 3.05) is 26.2 Å². The van der Waals surface area contributed by atoms with Gasteiger partial charge >= 0.3 is 0 Å². The van der Waals surface area contributed by atoms with E-state index in [1.54, 1.807) is 24.3 Å². The first kappa shape index (κ1) is 18.1. The van der Waals surface area contributed by atoms with Crippen LogP contribution in [0.25, 0.3) is 0 Å². The van der Waals surface area contributed by atoms with Gasteiger partial charge in [0.1, 0.15) is 0 Å². The Morgan fingerprint density at radius 3 is 2.16 bits per heavy atom. The molecule has 1 saturated heterocycles. The van der Waals surface area contributed by atoms with E-state index in [1.165, 1.54) is 5.56 Å². The fourth-order valence-corrected chi connectivity index (χ4v) is 4.39. The summed E-state index contributed by atoms with van der Waals surface area (Å²) in [6.07, 6.45) is 3.17. The molecule has 0 atom stereocenters. The smallest absolute Gasteiger partial charge is 0.240 e. The molecule has 1 aliphatic heterocycles. The predicted molar refractivity (Wildman–Crippen MR) is 101 cm³/mol. The Morgan fingerprint density at radius 1 is 0.920 bits per heavy atom. The van der Waals surface area contributed by atoms with Gasteiger partial charge in [0.25, 0.3) is 0 Å². The second kappa shape index (κ2) is 8.61. The van der Waals surface area contributed by atoms with Crippen molar-refractivity contribution in [1.29, 1.82) is 0 Å². The molecule has 0 amide bonds. The van der Waals surface area contributed by atoms with Crippen LogP contribution in [0.1, 0.15) is 18.4 Å². The summed E-state index contributed by atoms with van der Waals surface area (Å²) in [4.78, 5) is 2.82. The zero-order chi connectivity index (χ0) is 17.5. The van der Waals surface area contributed by atoms with E-state index >= 15 is 0 Å². The number of piperidine rings is 1. The Balaban J connectivity index is 1.41. The van der Waals surface area contributed by atoms with E-state index in [9.17, 15) is 8.42 Å². The van der Waals surface area contributed by atoms with Crippen LogP contribution >= 0.6 is 0 Å². The quantitative estimate of drug-likeness (QED) is 0.828. The third kappa shape index (κ3) is 5.39. The Labute approximate surface area is 150 Å². The third-order valence-corrected chi connectivity index (χ3v) is 6.32. The van der Waals surface area contributed by atoms with Gasteiger partial charge in [0.2, 0.25) is 10.0 Å². The lowest BCUT2D eigenvalue weighted by Crippen LogP contribution is -2.39. The van der Waals surface area contributed by atoms with Crippen LogP contribution in [0.5, 0.6) is 0 Å². The fraction of sp³-hybridized carbons (Fsp3) is 0.400. The van der Waals surface area contributed by atoms with Crippen molar-refractivity contribution in [1.82, 2.24) is 9.62 Å². The minimum Gasteiger partial charge on any atom is -0.303 e. The zero-order valence-corrected chi connectivity index (χ0v) is 15.3. The minimum atomic E-state index is -3.38. The molecule has 0 unspecified atom stereocenters. The molecule has 0 bridgehead atoms. The monoisotopic (exact) mass is 358 g/mol. The maximum atomic E-state index is 12.3. The molecule has 1 heterocycles. The first-order valence-electron chi connectivity index (χ1n) is 8.94. The van der Waals surface area contributed by atoms with Crippen molar-refractivity contribution in [2.45, 2.75) is 24.2 Å². The van der Waals surface area contributed by atoms with Gasteiger partial charge in [-0.25, -0.2) is 13.1 Å². The third-order valence-electron chi connectivity index (χ3n) is 4.88. The van der Waals surface area contributed by atoms with Crippen molar-refractivity contribution in [3.05, 3.63) is 66.2 Å². The van der Waals surface area contributed by atoms with E-state index in [1.807, 2.05) is 12.1 Å². The highest BCUT2D eigenvalue weighted by Crippen LogP contribution is 2.18. The van der Waals surface area contributed by atoms with Crippen LogP contribution in [0.3, 0.4) is 0 Å². The molecule has 1 N–H and O–H groups in total. The molecule has 134 valence electrons. The molecule has 2 aromatic rings. The lowest BCUT2D eigenvalue weighted by Gasteiger charge is -2.32. The summed E-state index contributed by atoms with van der Waals surface area (Å²) in [5.41, 5.74) is 1.38. The molecule has 3 rings (SSSR count). The maximum absolute atomic E-state index is 12.3. The van der Waals surface area contributed by atoms with Crippen LogP contribution < -0.4 is 4.72 Å². The Hall–Kier alpha value is -1.69. The summed E-state index contributed by atoms with van der Waals surface area (Å²) >= 11 is 0.